The number of amides is 1. The van der Waals surface area contributed by atoms with Crippen molar-refractivity contribution < 1.29 is 17.7 Å². The third-order valence-electron chi connectivity index (χ3n) is 3.56. The first-order chi connectivity index (χ1) is 11.8. The van der Waals surface area contributed by atoms with Crippen LogP contribution in [0.25, 0.3) is 10.6 Å². The highest BCUT2D eigenvalue weighted by molar-refractivity contribution is 7.89. The highest BCUT2D eigenvalue weighted by Crippen LogP contribution is 2.25. The van der Waals surface area contributed by atoms with Gasteiger partial charge in [0.05, 0.1) is 15.8 Å². The molecule has 3 rings (SSSR count). The van der Waals surface area contributed by atoms with Crippen LogP contribution < -0.4 is 10.5 Å². The van der Waals surface area contributed by atoms with Gasteiger partial charge in [0, 0.05) is 6.07 Å². The van der Waals surface area contributed by atoms with Gasteiger partial charge in [-0.25, -0.2) is 13.6 Å². The van der Waals surface area contributed by atoms with Crippen LogP contribution in [-0.2, 0) is 10.0 Å². The number of benzene rings is 1. The van der Waals surface area contributed by atoms with E-state index in [1.165, 1.54) is 23.5 Å². The molecule has 25 heavy (non-hydrogen) atoms. The van der Waals surface area contributed by atoms with Crippen molar-refractivity contribution in [2.75, 3.05) is 0 Å². The van der Waals surface area contributed by atoms with Crippen molar-refractivity contribution in [3.05, 3.63) is 59.1 Å². The predicted octanol–water partition coefficient (Wildman–Crippen LogP) is 2.54. The Kier molecular flexibility index (Phi) is 4.71. The highest BCUT2D eigenvalue weighted by Gasteiger charge is 2.17. The maximum Gasteiger partial charge on any atom is 0.273 e. The van der Waals surface area contributed by atoms with Gasteiger partial charge in [0.15, 0.2) is 11.5 Å². The van der Waals surface area contributed by atoms with Crippen molar-refractivity contribution in [3.63, 3.8) is 0 Å². The number of aromatic nitrogens is 1. The van der Waals surface area contributed by atoms with Crippen LogP contribution in [0.1, 0.15) is 29.0 Å². The van der Waals surface area contributed by atoms with Crippen molar-refractivity contribution >= 4 is 27.3 Å². The zero-order chi connectivity index (χ0) is 18.0. The van der Waals surface area contributed by atoms with E-state index in [2.05, 4.69) is 10.5 Å². The Balaban J connectivity index is 1.70. The van der Waals surface area contributed by atoms with Gasteiger partial charge in [-0.1, -0.05) is 23.4 Å². The van der Waals surface area contributed by atoms with Crippen LogP contribution in [0.15, 0.2) is 57.3 Å². The van der Waals surface area contributed by atoms with Gasteiger partial charge in [-0.3, -0.25) is 4.79 Å². The Morgan fingerprint density at radius 2 is 2.00 bits per heavy atom. The Morgan fingerprint density at radius 1 is 1.28 bits per heavy atom. The van der Waals surface area contributed by atoms with Crippen LogP contribution >= 0.6 is 11.3 Å². The number of hydrogen-bond donors (Lipinski definition) is 2. The number of nitrogens with one attached hydrogen (secondary N) is 1. The van der Waals surface area contributed by atoms with Crippen LogP contribution in [0.2, 0.25) is 0 Å². The van der Waals surface area contributed by atoms with Gasteiger partial charge in [-0.15, -0.1) is 11.3 Å². The molecule has 0 spiro atoms. The number of rotatable bonds is 5. The summed E-state index contributed by atoms with van der Waals surface area (Å²) >= 11 is 1.49. The standard InChI is InChI=1S/C16H15N3O4S2/c1-10(11-4-6-12(7-5-11)25(17,21)22)18-16(20)13-9-14(23-19-13)15-3-2-8-24-15/h2-10H,1H3,(H,18,20)(H2,17,21,22). The lowest BCUT2D eigenvalue weighted by atomic mass is 10.1. The number of hydrogen-bond acceptors (Lipinski definition) is 6. The molecule has 2 aromatic heterocycles. The van der Waals surface area contributed by atoms with E-state index in [0.29, 0.717) is 5.76 Å². The van der Waals surface area contributed by atoms with Crippen molar-refractivity contribution in [2.24, 2.45) is 5.14 Å². The van der Waals surface area contributed by atoms with Crippen molar-refractivity contribution in [3.8, 4) is 10.6 Å². The average molecular weight is 377 g/mol. The molecule has 1 atom stereocenters. The number of thiophene rings is 1. The lowest BCUT2D eigenvalue weighted by Gasteiger charge is -2.13. The fourth-order valence-electron chi connectivity index (χ4n) is 2.22. The summed E-state index contributed by atoms with van der Waals surface area (Å²) in [5.74, 6) is 0.153. The fraction of sp³-hybridized carbons (Fsp3) is 0.125. The Bertz CT molecular complexity index is 977. The number of nitrogens with two attached hydrogens (primary N) is 1. The molecule has 0 radical (unpaired) electrons. The SMILES string of the molecule is CC(NC(=O)c1cc(-c2cccs2)on1)c1ccc(S(N)(=O)=O)cc1. The molecule has 3 N–H and O–H groups in total. The zero-order valence-corrected chi connectivity index (χ0v) is 14.8. The van der Waals surface area contributed by atoms with Gasteiger partial charge < -0.3 is 9.84 Å². The van der Waals surface area contributed by atoms with E-state index < -0.39 is 10.0 Å². The second-order valence-electron chi connectivity index (χ2n) is 5.36. The first-order valence-corrected chi connectivity index (χ1v) is 9.71. The second kappa shape index (κ2) is 6.79. The normalized spacial score (nSPS) is 12.7. The molecule has 0 saturated heterocycles. The predicted molar refractivity (Wildman–Crippen MR) is 93.5 cm³/mol. The molecule has 7 nitrogen and oxygen atoms in total. The summed E-state index contributed by atoms with van der Waals surface area (Å²) in [5, 5.41) is 13.6. The third kappa shape index (κ3) is 3.95. The first-order valence-electron chi connectivity index (χ1n) is 7.29. The Labute approximate surface area is 148 Å². The third-order valence-corrected chi connectivity index (χ3v) is 5.38. The molecule has 1 aromatic carbocycles. The fourth-order valence-corrected chi connectivity index (χ4v) is 3.41. The number of nitrogens with zero attached hydrogens (tertiary/aromatic N) is 1. The maximum absolute atomic E-state index is 12.3. The molecule has 0 aliphatic rings. The summed E-state index contributed by atoms with van der Waals surface area (Å²) in [7, 11) is -3.74. The molecule has 2 heterocycles. The van der Waals surface area contributed by atoms with Gasteiger partial charge in [-0.05, 0) is 36.1 Å². The van der Waals surface area contributed by atoms with Gasteiger partial charge in [-0.2, -0.15) is 0 Å². The maximum atomic E-state index is 12.3. The van der Waals surface area contributed by atoms with E-state index >= 15 is 0 Å². The molecule has 0 aliphatic heterocycles. The molecule has 3 aromatic rings. The lowest BCUT2D eigenvalue weighted by molar-refractivity contribution is 0.0931. The number of sulfonamides is 1. The van der Waals surface area contributed by atoms with Gasteiger partial charge in [0.2, 0.25) is 10.0 Å². The van der Waals surface area contributed by atoms with E-state index in [0.717, 1.165) is 10.4 Å². The minimum atomic E-state index is -3.74. The van der Waals surface area contributed by atoms with Crippen molar-refractivity contribution in [1.82, 2.24) is 10.5 Å². The van der Waals surface area contributed by atoms with Gasteiger partial charge in [0.25, 0.3) is 5.91 Å². The van der Waals surface area contributed by atoms with E-state index in [9.17, 15) is 13.2 Å². The number of carbonyl (C=O) groups is 1. The molecular weight excluding hydrogens is 362 g/mol. The van der Waals surface area contributed by atoms with Crippen LogP contribution in [0, 0.1) is 0 Å². The molecule has 0 fully saturated rings. The Hall–Kier alpha value is -2.49. The molecule has 1 amide bonds. The molecule has 0 aliphatic carbocycles. The van der Waals surface area contributed by atoms with E-state index in [1.807, 2.05) is 17.5 Å². The van der Waals surface area contributed by atoms with E-state index in [-0.39, 0.29) is 22.5 Å². The molecular formula is C16H15N3O4S2. The summed E-state index contributed by atoms with van der Waals surface area (Å²) < 4.78 is 27.7. The molecule has 0 bridgehead atoms. The average Bonchev–Trinajstić information content (AvgIpc) is 3.25. The minimum Gasteiger partial charge on any atom is -0.355 e. The van der Waals surface area contributed by atoms with Crippen LogP contribution in [-0.4, -0.2) is 19.5 Å². The lowest BCUT2D eigenvalue weighted by Crippen LogP contribution is -2.26. The van der Waals surface area contributed by atoms with E-state index in [4.69, 9.17) is 9.66 Å². The highest BCUT2D eigenvalue weighted by atomic mass is 32.2. The molecule has 0 saturated carbocycles. The van der Waals surface area contributed by atoms with Gasteiger partial charge in [0.1, 0.15) is 0 Å². The summed E-state index contributed by atoms with van der Waals surface area (Å²) in [4.78, 5) is 13.2. The molecule has 9 heteroatoms. The summed E-state index contributed by atoms with van der Waals surface area (Å²) in [5.41, 5.74) is 0.916. The quantitative estimate of drug-likeness (QED) is 0.709. The Morgan fingerprint density at radius 3 is 2.60 bits per heavy atom. The van der Waals surface area contributed by atoms with Crippen LogP contribution in [0.4, 0.5) is 0 Å². The first kappa shape index (κ1) is 17.3. The van der Waals surface area contributed by atoms with E-state index in [1.54, 1.807) is 25.1 Å². The molecule has 130 valence electrons. The van der Waals surface area contributed by atoms with Crippen molar-refractivity contribution in [2.45, 2.75) is 17.9 Å². The largest absolute Gasteiger partial charge is 0.355 e. The summed E-state index contributed by atoms with van der Waals surface area (Å²) in [6.45, 7) is 1.78. The second-order valence-corrected chi connectivity index (χ2v) is 7.87. The summed E-state index contributed by atoms with van der Waals surface area (Å²) in [6, 6.07) is 11.0. The topological polar surface area (TPSA) is 115 Å². The van der Waals surface area contributed by atoms with Gasteiger partial charge >= 0.3 is 0 Å². The number of carbonyl (C=O) groups excluding carboxylic acids is 1. The monoisotopic (exact) mass is 377 g/mol. The summed E-state index contributed by atoms with van der Waals surface area (Å²) in [6.07, 6.45) is 0. The smallest absolute Gasteiger partial charge is 0.273 e. The van der Waals surface area contributed by atoms with Crippen LogP contribution in [0.3, 0.4) is 0 Å². The van der Waals surface area contributed by atoms with Crippen LogP contribution in [0.5, 0.6) is 0 Å². The molecule has 1 unspecified atom stereocenters. The number of primary sulfonamides is 1. The zero-order valence-electron chi connectivity index (χ0n) is 13.2. The minimum absolute atomic E-state index is 0.0202. The van der Waals surface area contributed by atoms with Crippen molar-refractivity contribution in [1.29, 1.82) is 0 Å².